The highest BCUT2D eigenvalue weighted by Gasteiger charge is 2.27. The number of benzene rings is 1. The molecule has 2 rings (SSSR count). The summed E-state index contributed by atoms with van der Waals surface area (Å²) < 4.78 is 41.0. The molecule has 1 aromatic carbocycles. The van der Waals surface area contributed by atoms with Gasteiger partial charge in [0.2, 0.25) is 0 Å². The molecule has 1 aromatic heterocycles. The molecule has 0 aliphatic carbocycles. The highest BCUT2D eigenvalue weighted by atomic mass is 32.1. The van der Waals surface area contributed by atoms with E-state index < -0.39 is 12.8 Å². The van der Waals surface area contributed by atoms with Crippen LogP contribution in [0.4, 0.5) is 13.2 Å². The number of alkyl halides is 3. The SMILES string of the molecule is CN=C(NCc1ccc(COCC(F)(F)F)cc1)NCC(C)(C)c1cccs1. The van der Waals surface area contributed by atoms with E-state index in [9.17, 15) is 13.2 Å². The number of ether oxygens (including phenoxy) is 1. The number of nitrogens with zero attached hydrogens (tertiary/aromatic N) is 1. The average molecular weight is 414 g/mol. The smallest absolute Gasteiger partial charge is 0.367 e. The summed E-state index contributed by atoms with van der Waals surface area (Å²) in [5.41, 5.74) is 1.69. The number of nitrogens with one attached hydrogen (secondary N) is 2. The van der Waals surface area contributed by atoms with E-state index in [0.717, 1.165) is 12.1 Å². The van der Waals surface area contributed by atoms with E-state index in [1.54, 1.807) is 30.5 Å². The summed E-state index contributed by atoms with van der Waals surface area (Å²) in [6.45, 7) is 4.36. The van der Waals surface area contributed by atoms with Crippen molar-refractivity contribution in [2.24, 2.45) is 4.99 Å². The van der Waals surface area contributed by atoms with Crippen molar-refractivity contribution in [1.29, 1.82) is 0 Å². The molecule has 0 unspecified atom stereocenters. The summed E-state index contributed by atoms with van der Waals surface area (Å²) in [5, 5.41) is 8.66. The van der Waals surface area contributed by atoms with Crippen molar-refractivity contribution >= 4 is 17.3 Å². The van der Waals surface area contributed by atoms with Crippen molar-refractivity contribution in [2.45, 2.75) is 38.6 Å². The van der Waals surface area contributed by atoms with Crippen LogP contribution in [0.1, 0.15) is 29.9 Å². The highest BCUT2D eigenvalue weighted by Crippen LogP contribution is 2.26. The minimum atomic E-state index is -4.30. The molecular weight excluding hydrogens is 387 g/mol. The first-order valence-electron chi connectivity index (χ1n) is 8.90. The lowest BCUT2D eigenvalue weighted by molar-refractivity contribution is -0.176. The van der Waals surface area contributed by atoms with Gasteiger partial charge < -0.3 is 15.4 Å². The Hall–Kier alpha value is -2.06. The van der Waals surface area contributed by atoms with Crippen LogP contribution in [-0.4, -0.2) is 32.3 Å². The fourth-order valence-electron chi connectivity index (χ4n) is 2.50. The maximum atomic E-state index is 12.1. The summed E-state index contributed by atoms with van der Waals surface area (Å²) in [6.07, 6.45) is -4.30. The van der Waals surface area contributed by atoms with E-state index in [2.05, 4.69) is 45.7 Å². The van der Waals surface area contributed by atoms with Crippen LogP contribution in [0.2, 0.25) is 0 Å². The van der Waals surface area contributed by atoms with Crippen LogP contribution in [-0.2, 0) is 23.3 Å². The molecule has 0 aliphatic rings. The van der Waals surface area contributed by atoms with Crippen molar-refractivity contribution in [1.82, 2.24) is 10.6 Å². The van der Waals surface area contributed by atoms with Gasteiger partial charge in [-0.25, -0.2) is 0 Å². The highest BCUT2D eigenvalue weighted by molar-refractivity contribution is 7.10. The second-order valence-electron chi connectivity index (χ2n) is 7.06. The Labute approximate surface area is 167 Å². The number of halogens is 3. The van der Waals surface area contributed by atoms with Gasteiger partial charge in [-0.05, 0) is 22.6 Å². The van der Waals surface area contributed by atoms with Gasteiger partial charge >= 0.3 is 6.18 Å². The van der Waals surface area contributed by atoms with Gasteiger partial charge in [0.05, 0.1) is 6.61 Å². The summed E-state index contributed by atoms with van der Waals surface area (Å²) in [5.74, 6) is 0.696. The molecule has 0 spiro atoms. The van der Waals surface area contributed by atoms with E-state index in [4.69, 9.17) is 0 Å². The second-order valence-corrected chi connectivity index (χ2v) is 8.01. The van der Waals surface area contributed by atoms with E-state index in [0.29, 0.717) is 18.1 Å². The van der Waals surface area contributed by atoms with E-state index in [1.165, 1.54) is 4.88 Å². The van der Waals surface area contributed by atoms with Gasteiger partial charge in [-0.15, -0.1) is 11.3 Å². The second kappa shape index (κ2) is 9.93. The lowest BCUT2D eigenvalue weighted by Crippen LogP contribution is -2.42. The Morgan fingerprint density at radius 1 is 1.07 bits per heavy atom. The predicted octanol–water partition coefficient (Wildman–Crippen LogP) is 4.47. The van der Waals surface area contributed by atoms with E-state index in [1.807, 2.05) is 18.2 Å². The Kier molecular flexibility index (Phi) is 7.88. The lowest BCUT2D eigenvalue weighted by atomic mass is 9.91. The van der Waals surface area contributed by atoms with E-state index in [-0.39, 0.29) is 12.0 Å². The van der Waals surface area contributed by atoms with Crippen molar-refractivity contribution < 1.29 is 17.9 Å². The number of hydrogen-bond acceptors (Lipinski definition) is 3. The van der Waals surface area contributed by atoms with Gasteiger partial charge in [0.25, 0.3) is 0 Å². The Bertz CT molecular complexity index is 741. The molecule has 0 atom stereocenters. The number of aliphatic imine (C=N–C) groups is 1. The van der Waals surface area contributed by atoms with Crippen LogP contribution in [0.25, 0.3) is 0 Å². The number of hydrogen-bond donors (Lipinski definition) is 2. The maximum absolute atomic E-state index is 12.1. The first kappa shape index (κ1) is 22.2. The standard InChI is InChI=1S/C20H26F3N3OS/c1-19(2,17-5-4-10-28-17)13-26-18(24-3)25-11-15-6-8-16(9-7-15)12-27-14-20(21,22)23/h4-10H,11-14H2,1-3H3,(H2,24,25,26). The summed E-state index contributed by atoms with van der Waals surface area (Å²) in [6, 6.07) is 11.4. The third-order valence-corrected chi connectivity index (χ3v) is 5.36. The lowest BCUT2D eigenvalue weighted by Gasteiger charge is -2.25. The van der Waals surface area contributed by atoms with Gasteiger partial charge in [0, 0.05) is 30.4 Å². The van der Waals surface area contributed by atoms with Crippen LogP contribution in [0.3, 0.4) is 0 Å². The third-order valence-electron chi connectivity index (χ3n) is 4.13. The van der Waals surface area contributed by atoms with Crippen molar-refractivity contribution in [3.8, 4) is 0 Å². The molecule has 2 aromatic rings. The summed E-state index contributed by atoms with van der Waals surface area (Å²) in [7, 11) is 1.72. The largest absolute Gasteiger partial charge is 0.411 e. The first-order valence-corrected chi connectivity index (χ1v) is 9.78. The van der Waals surface area contributed by atoms with Gasteiger partial charge in [-0.3, -0.25) is 4.99 Å². The number of thiophene rings is 1. The molecule has 0 bridgehead atoms. The molecule has 8 heteroatoms. The first-order chi connectivity index (χ1) is 13.2. The zero-order valence-electron chi connectivity index (χ0n) is 16.3. The van der Waals surface area contributed by atoms with Crippen LogP contribution < -0.4 is 10.6 Å². The van der Waals surface area contributed by atoms with Gasteiger partial charge in [-0.2, -0.15) is 13.2 Å². The fraction of sp³-hybridized carbons (Fsp3) is 0.450. The zero-order valence-corrected chi connectivity index (χ0v) is 17.1. The molecule has 0 aliphatic heterocycles. The van der Waals surface area contributed by atoms with Crippen molar-refractivity contribution in [2.75, 3.05) is 20.2 Å². The normalized spacial score (nSPS) is 12.9. The Morgan fingerprint density at radius 2 is 1.75 bits per heavy atom. The Morgan fingerprint density at radius 3 is 2.32 bits per heavy atom. The molecule has 28 heavy (non-hydrogen) atoms. The topological polar surface area (TPSA) is 45.7 Å². The summed E-state index contributed by atoms with van der Waals surface area (Å²) >= 11 is 1.73. The fourth-order valence-corrected chi connectivity index (χ4v) is 3.35. The molecular formula is C20H26F3N3OS. The van der Waals surface area contributed by atoms with Gasteiger partial charge in [0.1, 0.15) is 6.61 Å². The molecule has 0 amide bonds. The zero-order chi connectivity index (χ0) is 20.6. The van der Waals surface area contributed by atoms with Crippen LogP contribution >= 0.6 is 11.3 Å². The number of rotatable bonds is 8. The molecule has 4 nitrogen and oxygen atoms in total. The third kappa shape index (κ3) is 7.52. The maximum Gasteiger partial charge on any atom is 0.411 e. The van der Waals surface area contributed by atoms with Gasteiger partial charge in [0.15, 0.2) is 5.96 Å². The van der Waals surface area contributed by atoms with Crippen molar-refractivity contribution in [3.05, 3.63) is 57.8 Å². The molecule has 0 saturated heterocycles. The van der Waals surface area contributed by atoms with Crippen molar-refractivity contribution in [3.63, 3.8) is 0 Å². The van der Waals surface area contributed by atoms with Gasteiger partial charge in [-0.1, -0.05) is 44.2 Å². The molecule has 0 radical (unpaired) electrons. The average Bonchev–Trinajstić information content (AvgIpc) is 3.18. The molecule has 1 heterocycles. The molecule has 0 fully saturated rings. The summed E-state index contributed by atoms with van der Waals surface area (Å²) in [4.78, 5) is 5.54. The van der Waals surface area contributed by atoms with Crippen LogP contribution in [0.5, 0.6) is 0 Å². The molecule has 0 saturated carbocycles. The predicted molar refractivity (Wildman–Crippen MR) is 108 cm³/mol. The van der Waals surface area contributed by atoms with E-state index >= 15 is 0 Å². The monoisotopic (exact) mass is 413 g/mol. The van der Waals surface area contributed by atoms with Crippen LogP contribution in [0.15, 0.2) is 46.8 Å². The molecule has 2 N–H and O–H groups in total. The molecule has 154 valence electrons. The van der Waals surface area contributed by atoms with Crippen LogP contribution in [0, 0.1) is 0 Å². The number of guanidine groups is 1. The quantitative estimate of drug-likeness (QED) is 0.496. The Balaban J connectivity index is 1.78. The minimum Gasteiger partial charge on any atom is -0.367 e. The minimum absolute atomic E-state index is 0.0101.